The van der Waals surface area contributed by atoms with E-state index in [1.54, 1.807) is 0 Å². The highest BCUT2D eigenvalue weighted by atomic mass is 35.5. The summed E-state index contributed by atoms with van der Waals surface area (Å²) in [5.41, 5.74) is 9.38. The number of nitrogens with one attached hydrogen (secondary N) is 2. The molecule has 0 radical (unpaired) electrons. The monoisotopic (exact) mass is 309 g/mol. The highest BCUT2D eigenvalue weighted by molar-refractivity contribution is 5.86. The fourth-order valence-corrected chi connectivity index (χ4v) is 2.29. The van der Waals surface area contributed by atoms with Crippen molar-refractivity contribution >= 4 is 29.2 Å². The van der Waals surface area contributed by atoms with Crippen LogP contribution < -0.4 is 11.1 Å². The van der Waals surface area contributed by atoms with E-state index in [2.05, 4.69) is 35.4 Å². The standard InChI is InChI=1S/C16H23N3O.ClH/c1-10-5-4-6-14-13(9-19-15(10)14)7-8-18-16(20)11(2)12(3)17;/h4-6,9,11-12,19H,7-8,17H2,1-3H3,(H,18,20);1H. The molecule has 2 atom stereocenters. The van der Waals surface area contributed by atoms with Crippen LogP contribution in [0.4, 0.5) is 0 Å². The zero-order valence-electron chi connectivity index (χ0n) is 12.8. The largest absolute Gasteiger partial charge is 0.361 e. The molecule has 0 aliphatic heterocycles. The molecule has 4 nitrogen and oxygen atoms in total. The van der Waals surface area contributed by atoms with Crippen LogP contribution in [0.1, 0.15) is 25.0 Å². The van der Waals surface area contributed by atoms with Crippen LogP contribution in [0.3, 0.4) is 0 Å². The van der Waals surface area contributed by atoms with E-state index in [1.807, 2.05) is 20.0 Å². The second-order valence-electron chi connectivity index (χ2n) is 5.50. The molecule has 1 aromatic heterocycles. The number of hydrogen-bond donors (Lipinski definition) is 3. The number of H-pyrrole nitrogens is 1. The molecule has 0 aliphatic rings. The van der Waals surface area contributed by atoms with Crippen molar-refractivity contribution < 1.29 is 4.79 Å². The van der Waals surface area contributed by atoms with Crippen molar-refractivity contribution in [3.8, 4) is 0 Å². The van der Waals surface area contributed by atoms with Gasteiger partial charge in [-0.25, -0.2) is 0 Å². The number of carbonyl (C=O) groups is 1. The Bertz CT molecular complexity index is 607. The molecule has 1 amide bonds. The lowest BCUT2D eigenvalue weighted by Gasteiger charge is -2.15. The molecule has 5 heteroatoms. The third-order valence-electron chi connectivity index (χ3n) is 3.91. The normalized spacial score (nSPS) is 13.5. The van der Waals surface area contributed by atoms with Crippen LogP contribution >= 0.6 is 12.4 Å². The number of halogens is 1. The predicted octanol–water partition coefficient (Wildman–Crippen LogP) is 2.54. The van der Waals surface area contributed by atoms with Crippen molar-refractivity contribution in [2.45, 2.75) is 33.2 Å². The highest BCUT2D eigenvalue weighted by Crippen LogP contribution is 2.21. The zero-order chi connectivity index (χ0) is 14.7. The Labute approximate surface area is 131 Å². The Hall–Kier alpha value is -1.52. The number of rotatable bonds is 5. The first-order chi connectivity index (χ1) is 9.50. The van der Waals surface area contributed by atoms with Crippen LogP contribution in [0.15, 0.2) is 24.4 Å². The fourth-order valence-electron chi connectivity index (χ4n) is 2.29. The van der Waals surface area contributed by atoms with E-state index in [0.29, 0.717) is 6.54 Å². The van der Waals surface area contributed by atoms with Crippen LogP contribution in [0.5, 0.6) is 0 Å². The number of amides is 1. The second-order valence-corrected chi connectivity index (χ2v) is 5.50. The van der Waals surface area contributed by atoms with Crippen molar-refractivity contribution in [3.05, 3.63) is 35.5 Å². The molecular weight excluding hydrogens is 286 g/mol. The number of benzene rings is 1. The van der Waals surface area contributed by atoms with Gasteiger partial charge in [0.25, 0.3) is 0 Å². The van der Waals surface area contributed by atoms with Crippen LogP contribution in [0, 0.1) is 12.8 Å². The molecule has 1 aromatic carbocycles. The molecule has 0 spiro atoms. The first kappa shape index (κ1) is 17.5. The number of fused-ring (bicyclic) bond motifs is 1. The van der Waals surface area contributed by atoms with Crippen molar-refractivity contribution in [2.75, 3.05) is 6.54 Å². The molecule has 2 aromatic rings. The van der Waals surface area contributed by atoms with Gasteiger partial charge in [-0.3, -0.25) is 4.79 Å². The number of carbonyl (C=O) groups excluding carboxylic acids is 1. The van der Waals surface area contributed by atoms with Gasteiger partial charge < -0.3 is 16.0 Å². The minimum absolute atomic E-state index is 0. The SMILES string of the molecule is Cc1cccc2c(CCNC(=O)C(C)C(C)N)c[nH]c12.Cl. The minimum atomic E-state index is -0.153. The van der Waals surface area contributed by atoms with E-state index in [4.69, 9.17) is 5.73 Å². The Balaban J connectivity index is 0.00000220. The summed E-state index contributed by atoms with van der Waals surface area (Å²) in [7, 11) is 0. The number of aryl methyl sites for hydroxylation is 1. The lowest BCUT2D eigenvalue weighted by atomic mass is 10.0. The smallest absolute Gasteiger partial charge is 0.224 e. The van der Waals surface area contributed by atoms with Gasteiger partial charge in [-0.1, -0.05) is 25.1 Å². The topological polar surface area (TPSA) is 70.9 Å². The highest BCUT2D eigenvalue weighted by Gasteiger charge is 2.16. The van der Waals surface area contributed by atoms with Gasteiger partial charge in [0.1, 0.15) is 0 Å². The molecule has 0 saturated heterocycles. The van der Waals surface area contributed by atoms with Gasteiger partial charge in [0.15, 0.2) is 0 Å². The summed E-state index contributed by atoms with van der Waals surface area (Å²) < 4.78 is 0. The molecule has 1 heterocycles. The maximum absolute atomic E-state index is 11.8. The van der Waals surface area contributed by atoms with E-state index >= 15 is 0 Å². The van der Waals surface area contributed by atoms with Gasteiger partial charge in [-0.2, -0.15) is 0 Å². The van der Waals surface area contributed by atoms with Crippen LogP contribution in [-0.4, -0.2) is 23.5 Å². The van der Waals surface area contributed by atoms with Crippen LogP contribution in [0.25, 0.3) is 10.9 Å². The van der Waals surface area contributed by atoms with Gasteiger partial charge in [0.05, 0.1) is 0 Å². The molecule has 0 saturated carbocycles. The first-order valence-electron chi connectivity index (χ1n) is 7.09. The summed E-state index contributed by atoms with van der Waals surface area (Å²) in [6.45, 7) is 6.44. The molecule has 2 rings (SSSR count). The molecule has 0 bridgehead atoms. The average molecular weight is 310 g/mol. The molecular formula is C16H24ClN3O. The fraction of sp³-hybridized carbons (Fsp3) is 0.438. The Morgan fingerprint density at radius 1 is 1.38 bits per heavy atom. The Morgan fingerprint density at radius 3 is 2.76 bits per heavy atom. The molecule has 21 heavy (non-hydrogen) atoms. The summed E-state index contributed by atoms with van der Waals surface area (Å²) in [4.78, 5) is 15.1. The van der Waals surface area contributed by atoms with Crippen LogP contribution in [-0.2, 0) is 11.2 Å². The number of para-hydroxylation sites is 1. The summed E-state index contributed by atoms with van der Waals surface area (Å²) in [6, 6.07) is 6.15. The second kappa shape index (κ2) is 7.48. The number of nitrogens with two attached hydrogens (primary N) is 1. The Kier molecular flexibility index (Phi) is 6.24. The van der Waals surface area contributed by atoms with Gasteiger partial charge in [-0.15, -0.1) is 12.4 Å². The molecule has 2 unspecified atom stereocenters. The quantitative estimate of drug-likeness (QED) is 0.794. The average Bonchev–Trinajstić information content (AvgIpc) is 2.82. The zero-order valence-corrected chi connectivity index (χ0v) is 13.6. The predicted molar refractivity (Wildman–Crippen MR) is 89.8 cm³/mol. The number of hydrogen-bond acceptors (Lipinski definition) is 2. The molecule has 0 fully saturated rings. The molecule has 4 N–H and O–H groups in total. The number of aromatic amines is 1. The molecule has 0 aliphatic carbocycles. The van der Waals surface area contributed by atoms with E-state index in [1.165, 1.54) is 22.0 Å². The van der Waals surface area contributed by atoms with E-state index in [0.717, 1.165) is 6.42 Å². The third kappa shape index (κ3) is 3.99. The summed E-state index contributed by atoms with van der Waals surface area (Å²) in [5.74, 6) is -0.128. The summed E-state index contributed by atoms with van der Waals surface area (Å²) in [5, 5.41) is 4.18. The summed E-state index contributed by atoms with van der Waals surface area (Å²) in [6.07, 6.45) is 2.85. The minimum Gasteiger partial charge on any atom is -0.361 e. The maximum Gasteiger partial charge on any atom is 0.224 e. The van der Waals surface area contributed by atoms with E-state index < -0.39 is 0 Å². The van der Waals surface area contributed by atoms with Gasteiger partial charge >= 0.3 is 0 Å². The summed E-state index contributed by atoms with van der Waals surface area (Å²) >= 11 is 0. The lowest BCUT2D eigenvalue weighted by molar-refractivity contribution is -0.124. The van der Waals surface area contributed by atoms with Crippen molar-refractivity contribution in [1.82, 2.24) is 10.3 Å². The van der Waals surface area contributed by atoms with E-state index in [-0.39, 0.29) is 30.3 Å². The number of aromatic nitrogens is 1. The lowest BCUT2D eigenvalue weighted by Crippen LogP contribution is -2.39. The Morgan fingerprint density at radius 2 is 2.10 bits per heavy atom. The van der Waals surface area contributed by atoms with Crippen molar-refractivity contribution in [2.24, 2.45) is 11.7 Å². The van der Waals surface area contributed by atoms with E-state index in [9.17, 15) is 4.79 Å². The van der Waals surface area contributed by atoms with Crippen LogP contribution in [0.2, 0.25) is 0 Å². The maximum atomic E-state index is 11.8. The molecule has 116 valence electrons. The van der Waals surface area contributed by atoms with Crippen molar-refractivity contribution in [3.63, 3.8) is 0 Å². The van der Waals surface area contributed by atoms with Gasteiger partial charge in [0.2, 0.25) is 5.91 Å². The van der Waals surface area contributed by atoms with Gasteiger partial charge in [0, 0.05) is 35.6 Å². The van der Waals surface area contributed by atoms with Crippen molar-refractivity contribution in [1.29, 1.82) is 0 Å². The third-order valence-corrected chi connectivity index (χ3v) is 3.91. The first-order valence-corrected chi connectivity index (χ1v) is 7.09. The van der Waals surface area contributed by atoms with Gasteiger partial charge in [-0.05, 0) is 31.4 Å².